The Labute approximate surface area is 102 Å². The number of aryl methyl sites for hydroxylation is 2. The molecule has 0 bridgehead atoms. The molecule has 0 fully saturated rings. The molecular formula is C11H13N3O2S. The highest BCUT2D eigenvalue weighted by molar-refractivity contribution is 7.09. The number of H-pyrrole nitrogens is 1. The zero-order valence-electron chi connectivity index (χ0n) is 9.69. The van der Waals surface area contributed by atoms with Crippen LogP contribution in [-0.2, 0) is 13.0 Å². The molecule has 2 aromatic heterocycles. The summed E-state index contributed by atoms with van der Waals surface area (Å²) in [7, 11) is 0. The first-order valence-electron chi connectivity index (χ1n) is 5.33. The highest BCUT2D eigenvalue weighted by atomic mass is 32.1. The first-order chi connectivity index (χ1) is 8.10. The maximum Gasteiger partial charge on any atom is 0.328 e. The standard InChI is InChI=1S/C11H13N3O2S/c1-3-8-4-14(11(16)13-10(8)15)5-9-6-17-7(2)12-9/h4,6H,3,5H2,1-2H3,(H,13,15,16). The summed E-state index contributed by atoms with van der Waals surface area (Å²) in [5, 5.41) is 2.88. The maximum absolute atomic E-state index is 11.6. The zero-order chi connectivity index (χ0) is 12.4. The van der Waals surface area contributed by atoms with Crippen LogP contribution in [0.4, 0.5) is 0 Å². The van der Waals surface area contributed by atoms with Crippen molar-refractivity contribution in [2.24, 2.45) is 0 Å². The number of aromatic nitrogens is 3. The molecule has 6 heteroatoms. The van der Waals surface area contributed by atoms with Crippen molar-refractivity contribution in [2.45, 2.75) is 26.8 Å². The van der Waals surface area contributed by atoms with Crippen molar-refractivity contribution in [3.63, 3.8) is 0 Å². The highest BCUT2D eigenvalue weighted by Gasteiger charge is 2.05. The van der Waals surface area contributed by atoms with E-state index in [1.165, 1.54) is 4.57 Å². The topological polar surface area (TPSA) is 67.8 Å². The van der Waals surface area contributed by atoms with E-state index in [1.54, 1.807) is 17.5 Å². The average molecular weight is 251 g/mol. The number of nitrogens with zero attached hydrogens (tertiary/aromatic N) is 2. The van der Waals surface area contributed by atoms with Gasteiger partial charge in [-0.2, -0.15) is 0 Å². The molecule has 2 heterocycles. The van der Waals surface area contributed by atoms with E-state index in [1.807, 2.05) is 19.2 Å². The summed E-state index contributed by atoms with van der Waals surface area (Å²) < 4.78 is 1.48. The van der Waals surface area contributed by atoms with Crippen LogP contribution in [0.2, 0.25) is 0 Å². The lowest BCUT2D eigenvalue weighted by Gasteiger charge is -2.04. The van der Waals surface area contributed by atoms with Gasteiger partial charge in [0.05, 0.1) is 17.2 Å². The molecule has 0 radical (unpaired) electrons. The van der Waals surface area contributed by atoms with Gasteiger partial charge in [-0.3, -0.25) is 14.3 Å². The van der Waals surface area contributed by atoms with Crippen molar-refractivity contribution < 1.29 is 0 Å². The van der Waals surface area contributed by atoms with Crippen molar-refractivity contribution in [1.29, 1.82) is 0 Å². The van der Waals surface area contributed by atoms with E-state index >= 15 is 0 Å². The molecule has 17 heavy (non-hydrogen) atoms. The van der Waals surface area contributed by atoms with E-state index in [9.17, 15) is 9.59 Å². The van der Waals surface area contributed by atoms with Crippen LogP contribution in [0, 0.1) is 6.92 Å². The summed E-state index contributed by atoms with van der Waals surface area (Å²) in [6, 6.07) is 0. The first kappa shape index (κ1) is 11.8. The third-order valence-corrected chi connectivity index (χ3v) is 3.29. The van der Waals surface area contributed by atoms with E-state index in [2.05, 4.69) is 9.97 Å². The predicted molar refractivity (Wildman–Crippen MR) is 66.7 cm³/mol. The number of aromatic amines is 1. The monoisotopic (exact) mass is 251 g/mol. The van der Waals surface area contributed by atoms with Crippen molar-refractivity contribution in [1.82, 2.24) is 14.5 Å². The lowest BCUT2D eigenvalue weighted by molar-refractivity contribution is 0.696. The van der Waals surface area contributed by atoms with Gasteiger partial charge in [-0.25, -0.2) is 9.78 Å². The Morgan fingerprint density at radius 1 is 1.47 bits per heavy atom. The number of nitrogens with one attached hydrogen (secondary N) is 1. The van der Waals surface area contributed by atoms with Gasteiger partial charge >= 0.3 is 5.69 Å². The zero-order valence-corrected chi connectivity index (χ0v) is 10.5. The van der Waals surface area contributed by atoms with E-state index < -0.39 is 5.69 Å². The Balaban J connectivity index is 2.39. The van der Waals surface area contributed by atoms with E-state index in [-0.39, 0.29) is 5.56 Å². The lowest BCUT2D eigenvalue weighted by Crippen LogP contribution is -2.31. The fraction of sp³-hybridized carbons (Fsp3) is 0.364. The molecule has 2 aromatic rings. The van der Waals surface area contributed by atoms with Crippen LogP contribution in [0.25, 0.3) is 0 Å². The number of rotatable bonds is 3. The van der Waals surface area contributed by atoms with Gasteiger partial charge in [-0.15, -0.1) is 11.3 Å². The van der Waals surface area contributed by atoms with Crippen molar-refractivity contribution >= 4 is 11.3 Å². The molecule has 0 aliphatic rings. The third-order valence-electron chi connectivity index (χ3n) is 2.46. The van der Waals surface area contributed by atoms with Crippen molar-refractivity contribution in [3.05, 3.63) is 48.7 Å². The van der Waals surface area contributed by atoms with Gasteiger partial charge in [0.15, 0.2) is 0 Å². The molecule has 0 saturated heterocycles. The molecule has 90 valence electrons. The van der Waals surface area contributed by atoms with Crippen LogP contribution in [0.3, 0.4) is 0 Å². The summed E-state index contributed by atoms with van der Waals surface area (Å²) in [5.74, 6) is 0. The second-order valence-electron chi connectivity index (χ2n) is 3.75. The van der Waals surface area contributed by atoms with Gasteiger partial charge < -0.3 is 0 Å². The largest absolute Gasteiger partial charge is 0.328 e. The number of hydrogen-bond donors (Lipinski definition) is 1. The molecule has 0 aromatic carbocycles. The fourth-order valence-electron chi connectivity index (χ4n) is 1.58. The minimum Gasteiger partial charge on any atom is -0.294 e. The van der Waals surface area contributed by atoms with Crippen molar-refractivity contribution in [3.8, 4) is 0 Å². The minimum atomic E-state index is -0.391. The van der Waals surface area contributed by atoms with Crippen molar-refractivity contribution in [2.75, 3.05) is 0 Å². The van der Waals surface area contributed by atoms with Crippen LogP contribution in [0.1, 0.15) is 23.2 Å². The first-order valence-corrected chi connectivity index (χ1v) is 6.21. The molecule has 2 rings (SSSR count). The second-order valence-corrected chi connectivity index (χ2v) is 4.82. The van der Waals surface area contributed by atoms with Gasteiger partial charge in [0.1, 0.15) is 0 Å². The maximum atomic E-state index is 11.6. The minimum absolute atomic E-state index is 0.303. The molecule has 0 spiro atoms. The average Bonchev–Trinajstić information content (AvgIpc) is 2.68. The molecule has 0 unspecified atom stereocenters. The Kier molecular flexibility index (Phi) is 3.23. The Hall–Kier alpha value is -1.69. The van der Waals surface area contributed by atoms with E-state index in [0.717, 1.165) is 10.7 Å². The van der Waals surface area contributed by atoms with Crippen LogP contribution < -0.4 is 11.2 Å². The molecule has 0 aliphatic heterocycles. The Morgan fingerprint density at radius 2 is 2.24 bits per heavy atom. The molecule has 0 atom stereocenters. The summed E-state index contributed by atoms with van der Waals surface area (Å²) >= 11 is 1.54. The summed E-state index contributed by atoms with van der Waals surface area (Å²) in [6.45, 7) is 4.20. The Bertz CT molecular complexity index is 639. The van der Waals surface area contributed by atoms with E-state index in [0.29, 0.717) is 18.5 Å². The van der Waals surface area contributed by atoms with Gasteiger partial charge in [0.25, 0.3) is 5.56 Å². The van der Waals surface area contributed by atoms with Gasteiger partial charge in [0, 0.05) is 17.1 Å². The smallest absolute Gasteiger partial charge is 0.294 e. The van der Waals surface area contributed by atoms with Crippen LogP contribution in [-0.4, -0.2) is 14.5 Å². The summed E-state index contributed by atoms with van der Waals surface area (Å²) in [6.07, 6.45) is 2.21. The van der Waals surface area contributed by atoms with Crippen LogP contribution in [0.15, 0.2) is 21.2 Å². The lowest BCUT2D eigenvalue weighted by atomic mass is 10.2. The van der Waals surface area contributed by atoms with Gasteiger partial charge in [-0.05, 0) is 13.3 Å². The number of hydrogen-bond acceptors (Lipinski definition) is 4. The fourth-order valence-corrected chi connectivity index (χ4v) is 2.18. The van der Waals surface area contributed by atoms with E-state index in [4.69, 9.17) is 0 Å². The molecule has 0 saturated carbocycles. The molecule has 0 amide bonds. The summed E-state index contributed by atoms with van der Waals surface area (Å²) in [4.78, 5) is 29.6. The second kappa shape index (κ2) is 4.67. The quantitative estimate of drug-likeness (QED) is 0.881. The molecule has 5 nitrogen and oxygen atoms in total. The number of thiazole rings is 1. The Morgan fingerprint density at radius 3 is 2.82 bits per heavy atom. The van der Waals surface area contributed by atoms with Gasteiger partial charge in [-0.1, -0.05) is 6.92 Å². The molecule has 1 N–H and O–H groups in total. The SMILES string of the molecule is CCc1cn(Cc2csc(C)n2)c(=O)[nH]c1=O. The molecular weight excluding hydrogens is 238 g/mol. The third kappa shape index (κ3) is 2.52. The van der Waals surface area contributed by atoms with Crippen LogP contribution >= 0.6 is 11.3 Å². The molecule has 0 aliphatic carbocycles. The van der Waals surface area contributed by atoms with Gasteiger partial charge in [0.2, 0.25) is 0 Å². The summed E-state index contributed by atoms with van der Waals surface area (Å²) in [5.41, 5.74) is 0.751. The normalized spacial score (nSPS) is 10.7. The van der Waals surface area contributed by atoms with Crippen LogP contribution in [0.5, 0.6) is 0 Å². The predicted octanol–water partition coefficient (Wildman–Crippen LogP) is 0.912. The highest BCUT2D eigenvalue weighted by Crippen LogP contribution is 2.08.